The number of nitrogens with one attached hydrogen (secondary N) is 2. The molecule has 1 aromatic carbocycles. The molecule has 0 atom stereocenters. The molecule has 0 unspecified atom stereocenters. The third kappa shape index (κ3) is 4.40. The lowest BCUT2D eigenvalue weighted by molar-refractivity contribution is -0.114. The molecule has 1 saturated heterocycles. The number of anilines is 2. The molecule has 0 bridgehead atoms. The topological polar surface area (TPSA) is 95.6 Å². The van der Waals surface area contributed by atoms with Crippen LogP contribution in [0, 0.1) is 5.82 Å². The van der Waals surface area contributed by atoms with Gasteiger partial charge in [-0.2, -0.15) is 4.31 Å². The summed E-state index contributed by atoms with van der Waals surface area (Å²) in [5, 5.41) is 6.46. The van der Waals surface area contributed by atoms with Crippen molar-refractivity contribution >= 4 is 44.5 Å². The van der Waals surface area contributed by atoms with Gasteiger partial charge in [-0.3, -0.25) is 9.59 Å². The molecular weight excluding hydrogens is 405 g/mol. The van der Waals surface area contributed by atoms with Gasteiger partial charge in [0.25, 0.3) is 5.91 Å². The number of carbonyl (C=O) groups is 2. The van der Waals surface area contributed by atoms with E-state index in [2.05, 4.69) is 10.6 Å². The van der Waals surface area contributed by atoms with Crippen LogP contribution in [0.15, 0.2) is 34.5 Å². The van der Waals surface area contributed by atoms with Crippen LogP contribution < -0.4 is 10.6 Å². The minimum Gasteiger partial charge on any atom is -0.324 e. The van der Waals surface area contributed by atoms with Gasteiger partial charge in [-0.15, -0.1) is 11.3 Å². The molecule has 1 fully saturated rings. The maximum Gasteiger partial charge on any atom is 0.267 e. The number of hydrogen-bond donors (Lipinski definition) is 2. The van der Waals surface area contributed by atoms with E-state index in [0.29, 0.717) is 13.1 Å². The summed E-state index contributed by atoms with van der Waals surface area (Å²) in [5.74, 6) is -1.70. The Labute approximate surface area is 166 Å². The van der Waals surface area contributed by atoms with Gasteiger partial charge in [0.2, 0.25) is 15.9 Å². The summed E-state index contributed by atoms with van der Waals surface area (Å²) < 4.78 is 41.0. The zero-order valence-electron chi connectivity index (χ0n) is 15.2. The van der Waals surface area contributed by atoms with E-state index < -0.39 is 27.7 Å². The Bertz CT molecular complexity index is 998. The van der Waals surface area contributed by atoms with Gasteiger partial charge in [0.05, 0.1) is 5.69 Å². The summed E-state index contributed by atoms with van der Waals surface area (Å²) in [6.07, 6.45) is 2.59. The molecule has 2 heterocycles. The van der Waals surface area contributed by atoms with E-state index >= 15 is 0 Å². The maximum atomic E-state index is 13.8. The third-order valence-electron chi connectivity index (χ3n) is 4.30. The highest BCUT2D eigenvalue weighted by Crippen LogP contribution is 2.28. The minimum absolute atomic E-state index is 0.0268. The van der Waals surface area contributed by atoms with Crippen molar-refractivity contribution in [2.45, 2.75) is 31.1 Å². The largest absolute Gasteiger partial charge is 0.324 e. The number of benzene rings is 1. The van der Waals surface area contributed by atoms with Crippen molar-refractivity contribution in [2.24, 2.45) is 0 Å². The van der Waals surface area contributed by atoms with Crippen molar-refractivity contribution in [3.05, 3.63) is 40.3 Å². The number of sulfonamides is 1. The predicted octanol–water partition coefficient (Wildman–Crippen LogP) is 3.27. The molecule has 28 heavy (non-hydrogen) atoms. The molecule has 0 spiro atoms. The second kappa shape index (κ2) is 8.38. The summed E-state index contributed by atoms with van der Waals surface area (Å²) in [4.78, 5) is 23.9. The fourth-order valence-corrected chi connectivity index (χ4v) is 5.80. The van der Waals surface area contributed by atoms with Crippen molar-refractivity contribution in [3.63, 3.8) is 0 Å². The minimum atomic E-state index is -3.75. The Morgan fingerprint density at radius 2 is 1.82 bits per heavy atom. The highest BCUT2D eigenvalue weighted by molar-refractivity contribution is 7.89. The Morgan fingerprint density at radius 3 is 2.50 bits per heavy atom. The number of nitrogens with zero attached hydrogens (tertiary/aromatic N) is 1. The van der Waals surface area contributed by atoms with Crippen LogP contribution in [0.5, 0.6) is 0 Å². The van der Waals surface area contributed by atoms with Crippen LogP contribution in [0.1, 0.15) is 35.9 Å². The van der Waals surface area contributed by atoms with Crippen LogP contribution in [-0.4, -0.2) is 37.6 Å². The summed E-state index contributed by atoms with van der Waals surface area (Å²) in [6, 6.07) is 5.16. The Kier molecular flexibility index (Phi) is 6.11. The molecule has 0 radical (unpaired) electrons. The molecule has 150 valence electrons. The summed E-state index contributed by atoms with van der Waals surface area (Å²) >= 11 is 1.02. The molecule has 7 nitrogen and oxygen atoms in total. The van der Waals surface area contributed by atoms with Crippen molar-refractivity contribution in [3.8, 4) is 0 Å². The summed E-state index contributed by atoms with van der Waals surface area (Å²) in [5.41, 5.74) is 0.169. The normalized spacial score (nSPS) is 15.2. The first-order valence-corrected chi connectivity index (χ1v) is 11.1. The molecule has 1 aromatic heterocycles. The van der Waals surface area contributed by atoms with E-state index in [-0.39, 0.29) is 21.1 Å². The number of hydrogen-bond acceptors (Lipinski definition) is 5. The zero-order valence-corrected chi connectivity index (χ0v) is 16.8. The first-order valence-electron chi connectivity index (χ1n) is 8.75. The molecule has 10 heteroatoms. The second-order valence-corrected chi connectivity index (χ2v) is 9.23. The van der Waals surface area contributed by atoms with Gasteiger partial charge in [0, 0.05) is 25.7 Å². The zero-order chi connectivity index (χ0) is 20.3. The predicted molar refractivity (Wildman–Crippen MR) is 106 cm³/mol. The molecule has 1 aliphatic rings. The number of thiophene rings is 1. The summed E-state index contributed by atoms with van der Waals surface area (Å²) in [7, 11) is -3.75. The molecule has 0 saturated carbocycles. The number of amides is 2. The van der Waals surface area contributed by atoms with Crippen LogP contribution in [0.4, 0.5) is 15.8 Å². The highest BCUT2D eigenvalue weighted by Gasteiger charge is 2.31. The number of halogens is 1. The fraction of sp³-hybridized carbons (Fsp3) is 0.333. The van der Waals surface area contributed by atoms with E-state index in [1.54, 1.807) is 5.38 Å². The monoisotopic (exact) mass is 425 g/mol. The summed E-state index contributed by atoms with van der Waals surface area (Å²) in [6.45, 7) is 2.13. The first kappa shape index (κ1) is 20.4. The molecule has 2 N–H and O–H groups in total. The molecule has 2 aromatic rings. The molecular formula is C18H20FN3O4S2. The average Bonchev–Trinajstić information content (AvgIpc) is 3.16. The van der Waals surface area contributed by atoms with E-state index in [9.17, 15) is 22.4 Å². The number of carbonyl (C=O) groups excluding carboxylic acids is 2. The smallest absolute Gasteiger partial charge is 0.267 e. The SMILES string of the molecule is CC(=O)Nc1cc(NC(=O)c2sccc2S(=O)(=O)N2CCCCC2)ccc1F. The Balaban J connectivity index is 1.83. The lowest BCUT2D eigenvalue weighted by Gasteiger charge is -2.25. The Morgan fingerprint density at radius 1 is 1.11 bits per heavy atom. The molecule has 2 amide bonds. The van der Waals surface area contributed by atoms with Crippen molar-refractivity contribution in [2.75, 3.05) is 23.7 Å². The fourth-order valence-electron chi connectivity index (χ4n) is 2.99. The standard InChI is InChI=1S/C18H20FN3O4S2/c1-12(23)20-15-11-13(5-6-14(15)19)21-18(24)17-16(7-10-27-17)28(25,26)22-8-3-2-4-9-22/h5-7,10-11H,2-4,8-9H2,1H3,(H,20,23)(H,21,24). The highest BCUT2D eigenvalue weighted by atomic mass is 32.2. The van der Waals surface area contributed by atoms with Crippen LogP contribution in [0.2, 0.25) is 0 Å². The quantitative estimate of drug-likeness (QED) is 0.769. The van der Waals surface area contributed by atoms with Gasteiger partial charge >= 0.3 is 0 Å². The molecule has 1 aliphatic heterocycles. The second-order valence-electron chi connectivity index (χ2n) is 6.41. The lowest BCUT2D eigenvalue weighted by Crippen LogP contribution is -2.36. The first-order chi connectivity index (χ1) is 13.3. The average molecular weight is 426 g/mol. The van der Waals surface area contributed by atoms with E-state index in [1.165, 1.54) is 29.4 Å². The van der Waals surface area contributed by atoms with Crippen LogP contribution in [0.3, 0.4) is 0 Å². The van der Waals surface area contributed by atoms with Crippen molar-refractivity contribution < 1.29 is 22.4 Å². The lowest BCUT2D eigenvalue weighted by atomic mass is 10.2. The Hall–Kier alpha value is -2.30. The molecule has 3 rings (SSSR count). The van der Waals surface area contributed by atoms with Crippen molar-refractivity contribution in [1.29, 1.82) is 0 Å². The van der Waals surface area contributed by atoms with Gasteiger partial charge in [-0.25, -0.2) is 12.8 Å². The third-order valence-corrected chi connectivity index (χ3v) is 7.29. The van der Waals surface area contributed by atoms with E-state index in [0.717, 1.165) is 36.7 Å². The van der Waals surface area contributed by atoms with Gasteiger partial charge in [0.15, 0.2) is 0 Å². The van der Waals surface area contributed by atoms with Crippen LogP contribution >= 0.6 is 11.3 Å². The molecule has 0 aliphatic carbocycles. The van der Waals surface area contributed by atoms with E-state index in [4.69, 9.17) is 0 Å². The van der Waals surface area contributed by atoms with Crippen LogP contribution in [-0.2, 0) is 14.8 Å². The van der Waals surface area contributed by atoms with Gasteiger partial charge in [-0.05, 0) is 42.5 Å². The van der Waals surface area contributed by atoms with Crippen molar-refractivity contribution in [1.82, 2.24) is 4.31 Å². The van der Waals surface area contributed by atoms with Gasteiger partial charge in [0.1, 0.15) is 15.6 Å². The van der Waals surface area contributed by atoms with E-state index in [1.807, 2.05) is 0 Å². The number of piperidine rings is 1. The maximum absolute atomic E-state index is 13.8. The van der Waals surface area contributed by atoms with Gasteiger partial charge < -0.3 is 10.6 Å². The van der Waals surface area contributed by atoms with Crippen LogP contribution in [0.25, 0.3) is 0 Å². The number of rotatable bonds is 5. The van der Waals surface area contributed by atoms with Gasteiger partial charge in [-0.1, -0.05) is 6.42 Å².